The molecule has 2 nitrogen and oxygen atoms in total. The van der Waals surface area contributed by atoms with Crippen molar-refractivity contribution in [3.8, 4) is 11.8 Å². The topological polar surface area (TPSA) is 43.1 Å². The molecule has 1 radical (unpaired) electrons. The fourth-order valence-corrected chi connectivity index (χ4v) is 0.150. The van der Waals surface area contributed by atoms with E-state index in [0.717, 1.165) is 0 Å². The van der Waals surface area contributed by atoms with Crippen LogP contribution in [0.4, 0.5) is 0 Å². The van der Waals surface area contributed by atoms with Gasteiger partial charge in [0, 0.05) is 6.92 Å². The molecule has 0 saturated heterocycles. The first-order valence-electron chi connectivity index (χ1n) is 1.80. The summed E-state index contributed by atoms with van der Waals surface area (Å²) >= 11 is 0. The molecule has 1 amide bonds. The number of hydrogen-bond donors (Lipinski definition) is 1. The lowest BCUT2D eigenvalue weighted by Crippen LogP contribution is -2.08. The lowest BCUT2D eigenvalue weighted by atomic mass is 10.4. The Morgan fingerprint density at radius 2 is 2.43 bits per heavy atom. The largest absolute Gasteiger partial charge is 0.369 e. The van der Waals surface area contributed by atoms with Gasteiger partial charge in [0.15, 0.2) is 0 Å². The zero-order valence-corrected chi connectivity index (χ0v) is 3.90. The fraction of sp³-hybridized carbons (Fsp3) is 0.200. The summed E-state index contributed by atoms with van der Waals surface area (Å²) in [6.07, 6.45) is 0.115. The SMILES string of the molecule is [CH2]C#CCC(N)=O. The second kappa shape index (κ2) is 3.23. The van der Waals surface area contributed by atoms with Crippen molar-refractivity contribution in [1.82, 2.24) is 0 Å². The minimum absolute atomic E-state index is 0.115. The molecule has 0 fully saturated rings. The summed E-state index contributed by atoms with van der Waals surface area (Å²) in [6, 6.07) is 0. The van der Waals surface area contributed by atoms with Gasteiger partial charge in [0.1, 0.15) is 0 Å². The van der Waals surface area contributed by atoms with Gasteiger partial charge >= 0.3 is 0 Å². The van der Waals surface area contributed by atoms with Gasteiger partial charge in [-0.25, -0.2) is 0 Å². The van der Waals surface area contributed by atoms with Crippen LogP contribution in [0, 0.1) is 18.8 Å². The van der Waals surface area contributed by atoms with Gasteiger partial charge in [-0.05, 0) is 0 Å². The second-order valence-corrected chi connectivity index (χ2v) is 0.997. The Bertz CT molecular complexity index is 118. The molecular formula is C5H6NO. The van der Waals surface area contributed by atoms with Crippen LogP contribution in [0.25, 0.3) is 0 Å². The highest BCUT2D eigenvalue weighted by molar-refractivity contribution is 5.76. The van der Waals surface area contributed by atoms with E-state index in [0.29, 0.717) is 0 Å². The van der Waals surface area contributed by atoms with Crippen molar-refractivity contribution in [2.45, 2.75) is 6.42 Å². The zero-order valence-electron chi connectivity index (χ0n) is 3.90. The molecule has 2 heteroatoms. The van der Waals surface area contributed by atoms with E-state index in [9.17, 15) is 4.79 Å². The first kappa shape index (κ1) is 6.03. The Morgan fingerprint density at radius 1 is 1.86 bits per heavy atom. The molecule has 0 rings (SSSR count). The number of amides is 1. The highest BCUT2D eigenvalue weighted by atomic mass is 16.1. The molecule has 2 N–H and O–H groups in total. The van der Waals surface area contributed by atoms with Gasteiger partial charge in [-0.3, -0.25) is 4.79 Å². The van der Waals surface area contributed by atoms with Crippen LogP contribution in [-0.2, 0) is 4.79 Å². The minimum Gasteiger partial charge on any atom is -0.369 e. The van der Waals surface area contributed by atoms with Crippen molar-refractivity contribution < 1.29 is 4.79 Å². The lowest BCUT2D eigenvalue weighted by molar-refractivity contribution is -0.117. The van der Waals surface area contributed by atoms with Crippen LogP contribution >= 0.6 is 0 Å². The molecule has 0 aliphatic carbocycles. The van der Waals surface area contributed by atoms with E-state index < -0.39 is 5.91 Å². The molecule has 0 saturated carbocycles. The van der Waals surface area contributed by atoms with Crippen LogP contribution in [0.1, 0.15) is 6.42 Å². The number of primary amides is 1. The summed E-state index contributed by atoms with van der Waals surface area (Å²) in [5, 5.41) is 0. The number of carbonyl (C=O) groups is 1. The third-order valence-corrected chi connectivity index (χ3v) is 0.388. The maximum absolute atomic E-state index is 9.85. The van der Waals surface area contributed by atoms with Gasteiger partial charge in [-0.2, -0.15) is 0 Å². The Morgan fingerprint density at radius 3 is 2.57 bits per heavy atom. The van der Waals surface area contributed by atoms with E-state index in [1.54, 1.807) is 0 Å². The number of carbonyl (C=O) groups excluding carboxylic acids is 1. The van der Waals surface area contributed by atoms with Crippen LogP contribution < -0.4 is 5.73 Å². The number of nitrogens with two attached hydrogens (primary N) is 1. The van der Waals surface area contributed by atoms with Crippen molar-refractivity contribution in [1.29, 1.82) is 0 Å². The molecule has 0 aliphatic rings. The average molecular weight is 96.1 g/mol. The van der Waals surface area contributed by atoms with E-state index in [-0.39, 0.29) is 6.42 Å². The van der Waals surface area contributed by atoms with Crippen molar-refractivity contribution >= 4 is 5.91 Å². The van der Waals surface area contributed by atoms with E-state index >= 15 is 0 Å². The maximum Gasteiger partial charge on any atom is 0.229 e. The van der Waals surface area contributed by atoms with E-state index in [2.05, 4.69) is 18.8 Å². The first-order chi connectivity index (χ1) is 3.27. The van der Waals surface area contributed by atoms with Crippen LogP contribution in [0.2, 0.25) is 0 Å². The summed E-state index contributed by atoms with van der Waals surface area (Å²) in [5.74, 6) is 4.30. The molecule has 0 aromatic heterocycles. The van der Waals surface area contributed by atoms with Crippen molar-refractivity contribution in [2.24, 2.45) is 5.73 Å². The van der Waals surface area contributed by atoms with Crippen LogP contribution in [0.3, 0.4) is 0 Å². The van der Waals surface area contributed by atoms with Crippen LogP contribution in [0.5, 0.6) is 0 Å². The van der Waals surface area contributed by atoms with Crippen molar-refractivity contribution in [2.75, 3.05) is 0 Å². The average Bonchev–Trinajstić information content (AvgIpc) is 1.61. The van der Waals surface area contributed by atoms with Crippen molar-refractivity contribution in [3.05, 3.63) is 6.92 Å². The molecule has 0 atom stereocenters. The molecule has 0 bridgehead atoms. The van der Waals surface area contributed by atoms with Gasteiger partial charge in [0.05, 0.1) is 6.42 Å². The Balaban J connectivity index is 3.26. The highest BCUT2D eigenvalue weighted by Gasteiger charge is 1.82. The highest BCUT2D eigenvalue weighted by Crippen LogP contribution is 1.67. The van der Waals surface area contributed by atoms with E-state index in [1.165, 1.54) is 0 Å². The molecule has 37 valence electrons. The summed E-state index contributed by atoms with van der Waals surface area (Å²) < 4.78 is 0. The number of rotatable bonds is 1. The fourth-order valence-electron chi connectivity index (χ4n) is 0.150. The Hall–Kier alpha value is -0.970. The standard InChI is InChI=1S/C5H6NO/c1-2-3-4-5(6)7/h1,4H2,(H2,6,7). The van der Waals surface area contributed by atoms with Gasteiger partial charge in [0.25, 0.3) is 0 Å². The molecule has 0 aliphatic heterocycles. The van der Waals surface area contributed by atoms with Gasteiger partial charge < -0.3 is 5.73 Å². The zero-order chi connectivity index (χ0) is 5.70. The van der Waals surface area contributed by atoms with Gasteiger partial charge in [0.2, 0.25) is 5.91 Å². The number of hydrogen-bond acceptors (Lipinski definition) is 1. The van der Waals surface area contributed by atoms with Gasteiger partial charge in [-0.15, -0.1) is 5.92 Å². The molecule has 7 heavy (non-hydrogen) atoms. The summed E-state index contributed by atoms with van der Waals surface area (Å²) in [6.45, 7) is 3.19. The lowest BCUT2D eigenvalue weighted by Gasteiger charge is -1.75. The molecule has 0 spiro atoms. The third kappa shape index (κ3) is 5.03. The van der Waals surface area contributed by atoms with Crippen molar-refractivity contribution in [3.63, 3.8) is 0 Å². The molecule has 0 aromatic rings. The molecular weight excluding hydrogens is 90.1 g/mol. The third-order valence-electron chi connectivity index (χ3n) is 0.388. The monoisotopic (exact) mass is 96.0 g/mol. The Labute approximate surface area is 42.7 Å². The summed E-state index contributed by atoms with van der Waals surface area (Å²) in [7, 11) is 0. The predicted molar refractivity (Wildman–Crippen MR) is 26.9 cm³/mol. The molecule has 0 aromatic carbocycles. The van der Waals surface area contributed by atoms with E-state index in [1.807, 2.05) is 0 Å². The van der Waals surface area contributed by atoms with Crippen LogP contribution in [-0.4, -0.2) is 5.91 Å². The summed E-state index contributed by atoms with van der Waals surface area (Å²) in [4.78, 5) is 9.85. The maximum atomic E-state index is 9.85. The first-order valence-corrected chi connectivity index (χ1v) is 1.80. The second-order valence-electron chi connectivity index (χ2n) is 0.997. The van der Waals surface area contributed by atoms with E-state index in [4.69, 9.17) is 5.73 Å². The predicted octanol–water partition coefficient (Wildman–Crippen LogP) is -0.301. The normalized spacial score (nSPS) is 6.43. The summed E-state index contributed by atoms with van der Waals surface area (Å²) in [5.41, 5.74) is 4.71. The quantitative estimate of drug-likeness (QED) is 0.447. The Kier molecular flexibility index (Phi) is 2.78. The molecule has 0 unspecified atom stereocenters. The van der Waals surface area contributed by atoms with Crippen LogP contribution in [0.15, 0.2) is 0 Å². The smallest absolute Gasteiger partial charge is 0.229 e. The molecule has 0 heterocycles. The minimum atomic E-state index is -0.406. The van der Waals surface area contributed by atoms with Gasteiger partial charge in [-0.1, -0.05) is 5.92 Å².